The van der Waals surface area contributed by atoms with Gasteiger partial charge in [0.2, 0.25) is 0 Å². The summed E-state index contributed by atoms with van der Waals surface area (Å²) in [4.78, 5) is 44.6. The molecule has 0 spiro atoms. The Balaban J connectivity index is 1.21. The SMILES string of the molecule is O=C(NNc1nc(-c2cccc(-c3nc(NNC(=O)c4ccccc4)c4ccccc4n3)c2)nc2ccccc12)c1ccccc1. The normalized spacial score (nSPS) is 10.8. The zero-order chi connectivity index (χ0) is 31.3. The van der Waals surface area contributed by atoms with Gasteiger partial charge in [-0.15, -0.1) is 0 Å². The Hall–Kier alpha value is -6.68. The summed E-state index contributed by atoms with van der Waals surface area (Å²) in [5, 5.41) is 1.50. The molecule has 0 aliphatic rings. The van der Waals surface area contributed by atoms with E-state index in [2.05, 4.69) is 21.7 Å². The Morgan fingerprint density at radius 3 is 1.30 bits per heavy atom. The van der Waals surface area contributed by atoms with Gasteiger partial charge in [-0.2, -0.15) is 0 Å². The molecule has 2 aromatic heterocycles. The third-order valence-corrected chi connectivity index (χ3v) is 7.25. The van der Waals surface area contributed by atoms with E-state index >= 15 is 0 Å². The van der Waals surface area contributed by atoms with Crippen LogP contribution in [0.1, 0.15) is 20.7 Å². The summed E-state index contributed by atoms with van der Waals surface area (Å²) in [5.41, 5.74) is 15.4. The maximum Gasteiger partial charge on any atom is 0.269 e. The third-order valence-electron chi connectivity index (χ3n) is 7.25. The molecule has 0 aliphatic heterocycles. The van der Waals surface area contributed by atoms with Crippen LogP contribution in [0.5, 0.6) is 0 Å². The summed E-state index contributed by atoms with van der Waals surface area (Å²) < 4.78 is 0. The lowest BCUT2D eigenvalue weighted by Gasteiger charge is -2.13. The van der Waals surface area contributed by atoms with Gasteiger partial charge in [-0.1, -0.05) is 78.9 Å². The van der Waals surface area contributed by atoms with Gasteiger partial charge in [0.05, 0.1) is 11.0 Å². The topological polar surface area (TPSA) is 134 Å². The van der Waals surface area contributed by atoms with Crippen LogP contribution >= 0.6 is 0 Å². The zero-order valence-electron chi connectivity index (χ0n) is 24.3. The van der Waals surface area contributed by atoms with Crippen LogP contribution in [0.4, 0.5) is 11.6 Å². The average molecular weight is 603 g/mol. The van der Waals surface area contributed by atoms with E-state index in [9.17, 15) is 9.59 Å². The number of fused-ring (bicyclic) bond motifs is 2. The molecule has 2 amide bonds. The second-order valence-electron chi connectivity index (χ2n) is 10.3. The molecule has 0 unspecified atom stereocenters. The number of aromatic nitrogens is 4. The summed E-state index contributed by atoms with van der Waals surface area (Å²) in [5.74, 6) is 1.24. The Labute approximate surface area is 263 Å². The smallest absolute Gasteiger partial charge is 0.269 e. The van der Waals surface area contributed by atoms with Crippen molar-refractivity contribution in [2.24, 2.45) is 0 Å². The van der Waals surface area contributed by atoms with Crippen molar-refractivity contribution in [3.8, 4) is 22.8 Å². The Morgan fingerprint density at radius 1 is 0.435 bits per heavy atom. The lowest BCUT2D eigenvalue weighted by atomic mass is 10.1. The van der Waals surface area contributed by atoms with Gasteiger partial charge >= 0.3 is 0 Å². The van der Waals surface area contributed by atoms with Gasteiger partial charge in [0.25, 0.3) is 11.8 Å². The number of benzene rings is 5. The predicted octanol–water partition coefficient (Wildman–Crippen LogP) is 6.42. The van der Waals surface area contributed by atoms with E-state index in [0.717, 1.165) is 21.9 Å². The minimum Gasteiger partial charge on any atom is -0.281 e. The molecule has 0 saturated carbocycles. The number of carbonyl (C=O) groups excluding carboxylic acids is 2. The van der Waals surface area contributed by atoms with Crippen LogP contribution in [0.3, 0.4) is 0 Å². The number of hydrogen-bond acceptors (Lipinski definition) is 8. The van der Waals surface area contributed by atoms with Gasteiger partial charge in [0, 0.05) is 33.0 Å². The molecule has 10 nitrogen and oxygen atoms in total. The molecule has 7 rings (SSSR count). The number of para-hydroxylation sites is 2. The molecule has 0 fully saturated rings. The highest BCUT2D eigenvalue weighted by molar-refractivity contribution is 5.98. The zero-order valence-corrected chi connectivity index (χ0v) is 24.3. The van der Waals surface area contributed by atoms with E-state index < -0.39 is 0 Å². The molecule has 4 N–H and O–H groups in total. The molecule has 5 aromatic carbocycles. The average Bonchev–Trinajstić information content (AvgIpc) is 3.13. The van der Waals surface area contributed by atoms with Gasteiger partial charge in [0.1, 0.15) is 0 Å². The Morgan fingerprint density at radius 2 is 0.848 bits per heavy atom. The molecular weight excluding hydrogens is 576 g/mol. The lowest BCUT2D eigenvalue weighted by Crippen LogP contribution is -2.30. The maximum absolute atomic E-state index is 12.7. The number of carbonyl (C=O) groups is 2. The minimum absolute atomic E-state index is 0.287. The van der Waals surface area contributed by atoms with E-state index in [4.69, 9.17) is 19.9 Å². The summed E-state index contributed by atoms with van der Waals surface area (Å²) in [6.45, 7) is 0. The summed E-state index contributed by atoms with van der Waals surface area (Å²) in [6, 6.07) is 40.6. The predicted molar refractivity (Wildman–Crippen MR) is 179 cm³/mol. The molecule has 0 aliphatic carbocycles. The highest BCUT2D eigenvalue weighted by Gasteiger charge is 2.15. The highest BCUT2D eigenvalue weighted by atomic mass is 16.2. The van der Waals surface area contributed by atoms with E-state index in [1.807, 2.05) is 84.9 Å². The number of hydrazine groups is 2. The largest absolute Gasteiger partial charge is 0.281 e. The first-order valence-electron chi connectivity index (χ1n) is 14.5. The van der Waals surface area contributed by atoms with Crippen molar-refractivity contribution in [2.75, 3.05) is 10.9 Å². The fourth-order valence-electron chi connectivity index (χ4n) is 4.95. The fourth-order valence-corrected chi connectivity index (χ4v) is 4.95. The molecule has 46 heavy (non-hydrogen) atoms. The van der Waals surface area contributed by atoms with Crippen LogP contribution in [0, 0.1) is 0 Å². The van der Waals surface area contributed by atoms with Crippen LogP contribution in [0.15, 0.2) is 133 Å². The van der Waals surface area contributed by atoms with Gasteiger partial charge < -0.3 is 0 Å². The number of anilines is 2. The first-order valence-corrected chi connectivity index (χ1v) is 14.5. The van der Waals surface area contributed by atoms with Gasteiger partial charge in [-0.05, 0) is 54.6 Å². The van der Waals surface area contributed by atoms with Gasteiger partial charge in [0.15, 0.2) is 23.3 Å². The number of nitrogens with zero attached hydrogens (tertiary/aromatic N) is 4. The number of nitrogens with one attached hydrogen (secondary N) is 4. The van der Waals surface area contributed by atoms with Crippen molar-refractivity contribution in [3.05, 3.63) is 145 Å². The minimum atomic E-state index is -0.287. The lowest BCUT2D eigenvalue weighted by molar-refractivity contribution is 0.0954. The van der Waals surface area contributed by atoms with Crippen LogP contribution in [0.25, 0.3) is 44.6 Å². The van der Waals surface area contributed by atoms with Gasteiger partial charge in [-0.25, -0.2) is 19.9 Å². The molecule has 0 radical (unpaired) electrons. The van der Waals surface area contributed by atoms with Crippen LogP contribution in [0.2, 0.25) is 0 Å². The monoisotopic (exact) mass is 602 g/mol. The van der Waals surface area contributed by atoms with E-state index in [1.54, 1.807) is 48.5 Å². The fraction of sp³-hybridized carbons (Fsp3) is 0. The van der Waals surface area contributed by atoms with Crippen LogP contribution in [-0.4, -0.2) is 31.8 Å². The Kier molecular flexibility index (Phi) is 7.64. The van der Waals surface area contributed by atoms with Crippen molar-refractivity contribution in [1.82, 2.24) is 30.8 Å². The van der Waals surface area contributed by atoms with Crippen LogP contribution < -0.4 is 21.7 Å². The molecule has 7 aromatic rings. The van der Waals surface area contributed by atoms with Crippen molar-refractivity contribution in [2.45, 2.75) is 0 Å². The first-order chi connectivity index (χ1) is 22.6. The molecule has 222 valence electrons. The Bertz CT molecular complexity index is 2050. The van der Waals surface area contributed by atoms with Crippen molar-refractivity contribution >= 4 is 45.3 Å². The van der Waals surface area contributed by atoms with Crippen molar-refractivity contribution < 1.29 is 9.59 Å². The van der Waals surface area contributed by atoms with Crippen molar-refractivity contribution in [3.63, 3.8) is 0 Å². The van der Waals surface area contributed by atoms with E-state index in [1.165, 1.54) is 0 Å². The summed E-state index contributed by atoms with van der Waals surface area (Å²) >= 11 is 0. The van der Waals surface area contributed by atoms with Crippen LogP contribution in [-0.2, 0) is 0 Å². The van der Waals surface area contributed by atoms with E-state index in [0.29, 0.717) is 45.4 Å². The first kappa shape index (κ1) is 28.1. The molecule has 0 saturated heterocycles. The molecule has 0 atom stereocenters. The third kappa shape index (κ3) is 5.90. The molecule has 0 bridgehead atoms. The highest BCUT2D eigenvalue weighted by Crippen LogP contribution is 2.29. The maximum atomic E-state index is 12.7. The second kappa shape index (κ2) is 12.5. The molecular formula is C36H26N8O2. The number of hydrogen-bond donors (Lipinski definition) is 4. The van der Waals surface area contributed by atoms with E-state index in [-0.39, 0.29) is 11.8 Å². The molecule has 10 heteroatoms. The standard InChI is InChI=1S/C36H26N8O2/c45-35(23-12-3-1-4-13-23)43-41-33-27-18-7-9-20-29(27)37-31(39-33)25-16-11-17-26(22-25)32-38-30-21-10-8-19-28(30)34(40-32)42-44-36(46)24-14-5-2-6-15-24/h1-22H,(H,43,45)(H,44,46)(H,37,39,41)(H,38,40,42). The molecule has 2 heterocycles. The second-order valence-corrected chi connectivity index (χ2v) is 10.3. The number of amides is 2. The summed E-state index contributed by atoms with van der Waals surface area (Å²) in [7, 11) is 0. The number of rotatable bonds is 8. The van der Waals surface area contributed by atoms with Crippen molar-refractivity contribution in [1.29, 1.82) is 0 Å². The summed E-state index contributed by atoms with van der Waals surface area (Å²) in [6.07, 6.45) is 0. The van der Waals surface area contributed by atoms with Gasteiger partial charge in [-0.3, -0.25) is 31.3 Å². The quantitative estimate of drug-likeness (QED) is 0.146.